The van der Waals surface area contributed by atoms with Crippen molar-refractivity contribution in [1.82, 2.24) is 0 Å². The van der Waals surface area contributed by atoms with E-state index in [-0.39, 0.29) is 0 Å². The summed E-state index contributed by atoms with van der Waals surface area (Å²) in [6, 6.07) is 0. The molecule has 0 nitrogen and oxygen atoms in total. The largest absolute Gasteiger partial charge is 0.131 e. The molecule has 0 radical (unpaired) electrons. The Balaban J connectivity index is 3.74. The van der Waals surface area contributed by atoms with Crippen molar-refractivity contribution in [2.75, 3.05) is 0 Å². The fraction of sp³-hybridized carbons (Fsp3) is 0.600. The van der Waals surface area contributed by atoms with Crippen LogP contribution in [0.5, 0.6) is 0 Å². The fourth-order valence-corrected chi connectivity index (χ4v) is 1.16. The summed E-state index contributed by atoms with van der Waals surface area (Å²) >= 11 is 0. The standard InChI is InChI=1S/C10H16Si/c1-5-6-7-8-9-10-11(2,3)4/h5,8H2,1-4H3. The van der Waals surface area contributed by atoms with Crippen LogP contribution in [0.2, 0.25) is 19.6 Å². The second-order valence-corrected chi connectivity index (χ2v) is 8.19. The predicted molar refractivity (Wildman–Crippen MR) is 53.8 cm³/mol. The molecule has 0 fully saturated rings. The molecule has 0 aromatic rings. The topological polar surface area (TPSA) is 0 Å². The fourth-order valence-electron chi connectivity index (χ4n) is 0.541. The van der Waals surface area contributed by atoms with Gasteiger partial charge in [0, 0.05) is 6.42 Å². The minimum atomic E-state index is -1.15. The molecule has 0 N–H and O–H groups in total. The van der Waals surface area contributed by atoms with Gasteiger partial charge in [-0.3, -0.25) is 0 Å². The molecule has 0 spiro atoms. The summed E-state index contributed by atoms with van der Waals surface area (Å²) in [5.41, 5.74) is 3.27. The summed E-state index contributed by atoms with van der Waals surface area (Å²) in [5.74, 6) is 9.10. The molecule has 60 valence electrons. The van der Waals surface area contributed by atoms with Crippen molar-refractivity contribution in [1.29, 1.82) is 0 Å². The second-order valence-electron chi connectivity index (χ2n) is 3.44. The highest BCUT2D eigenvalue weighted by atomic mass is 28.3. The van der Waals surface area contributed by atoms with Gasteiger partial charge in [0.1, 0.15) is 8.07 Å². The maximum Gasteiger partial charge on any atom is 0.129 e. The summed E-state index contributed by atoms with van der Waals surface area (Å²) in [4.78, 5) is 0. The van der Waals surface area contributed by atoms with E-state index in [0.29, 0.717) is 0 Å². The van der Waals surface area contributed by atoms with Crippen LogP contribution in [-0.2, 0) is 0 Å². The molecule has 0 unspecified atom stereocenters. The van der Waals surface area contributed by atoms with E-state index in [1.54, 1.807) is 0 Å². The van der Waals surface area contributed by atoms with Crippen molar-refractivity contribution >= 4 is 8.07 Å². The lowest BCUT2D eigenvalue weighted by molar-refractivity contribution is 1.27. The number of hydrogen-bond donors (Lipinski definition) is 0. The first-order chi connectivity index (χ1) is 5.06. The number of rotatable bonds is 0. The maximum atomic E-state index is 3.27. The first-order valence-corrected chi connectivity index (χ1v) is 7.52. The van der Waals surface area contributed by atoms with Gasteiger partial charge < -0.3 is 0 Å². The molecule has 0 saturated carbocycles. The first kappa shape index (κ1) is 10.3. The van der Waals surface area contributed by atoms with Gasteiger partial charge in [0.15, 0.2) is 0 Å². The Morgan fingerprint density at radius 2 is 1.64 bits per heavy atom. The van der Waals surface area contributed by atoms with Gasteiger partial charge in [0.2, 0.25) is 0 Å². The van der Waals surface area contributed by atoms with Gasteiger partial charge in [-0.2, -0.15) is 0 Å². The zero-order valence-corrected chi connectivity index (χ0v) is 8.91. The Kier molecular flexibility index (Phi) is 4.74. The molecule has 0 heterocycles. The Morgan fingerprint density at radius 3 is 2.09 bits per heavy atom. The molecule has 11 heavy (non-hydrogen) atoms. The lowest BCUT2D eigenvalue weighted by Gasteiger charge is -2.02. The minimum Gasteiger partial charge on any atom is -0.131 e. The zero-order valence-electron chi connectivity index (χ0n) is 7.91. The van der Waals surface area contributed by atoms with Crippen LogP contribution in [0.15, 0.2) is 0 Å². The normalized spacial score (nSPS) is 9.09. The van der Waals surface area contributed by atoms with Crippen LogP contribution < -0.4 is 0 Å². The van der Waals surface area contributed by atoms with E-state index in [4.69, 9.17) is 0 Å². The van der Waals surface area contributed by atoms with E-state index in [1.165, 1.54) is 0 Å². The number of hydrogen-bond acceptors (Lipinski definition) is 0. The second kappa shape index (κ2) is 5.05. The molecule has 0 aliphatic heterocycles. The third-order valence-corrected chi connectivity index (χ3v) is 1.87. The average molecular weight is 164 g/mol. The van der Waals surface area contributed by atoms with E-state index < -0.39 is 8.07 Å². The van der Waals surface area contributed by atoms with Crippen molar-refractivity contribution in [2.24, 2.45) is 0 Å². The highest BCUT2D eigenvalue weighted by Gasteiger charge is 2.06. The Bertz CT molecular complexity index is 211. The summed E-state index contributed by atoms with van der Waals surface area (Å²) < 4.78 is 0. The molecule has 0 atom stereocenters. The smallest absolute Gasteiger partial charge is 0.129 e. The molecular formula is C10H16Si. The van der Waals surface area contributed by atoms with Crippen molar-refractivity contribution < 1.29 is 0 Å². The third-order valence-electron chi connectivity index (χ3n) is 0.942. The van der Waals surface area contributed by atoms with E-state index >= 15 is 0 Å². The van der Waals surface area contributed by atoms with Gasteiger partial charge in [-0.05, 0) is 0 Å². The van der Waals surface area contributed by atoms with Crippen LogP contribution in [0.1, 0.15) is 19.8 Å². The van der Waals surface area contributed by atoms with Crippen LogP contribution in [0.25, 0.3) is 0 Å². The third kappa shape index (κ3) is 9.34. The van der Waals surface area contributed by atoms with Crippen molar-refractivity contribution in [3.63, 3.8) is 0 Å². The van der Waals surface area contributed by atoms with E-state index in [1.807, 2.05) is 0 Å². The van der Waals surface area contributed by atoms with Gasteiger partial charge in [0.05, 0.1) is 6.42 Å². The maximum absolute atomic E-state index is 3.27. The average Bonchev–Trinajstić information content (AvgIpc) is 1.85. The van der Waals surface area contributed by atoms with E-state index in [2.05, 4.69) is 49.9 Å². The molecule has 0 rings (SSSR count). The molecule has 0 aliphatic rings. The van der Waals surface area contributed by atoms with Crippen LogP contribution in [-0.4, -0.2) is 8.07 Å². The Hall–Kier alpha value is -0.663. The summed E-state index contributed by atoms with van der Waals surface area (Å²) in [7, 11) is -1.15. The summed E-state index contributed by atoms with van der Waals surface area (Å²) in [5, 5.41) is 0. The zero-order chi connectivity index (χ0) is 8.74. The minimum absolute atomic E-state index is 0.748. The highest BCUT2D eigenvalue weighted by Crippen LogP contribution is 1.96. The molecule has 0 aromatic carbocycles. The highest BCUT2D eigenvalue weighted by molar-refractivity contribution is 6.83. The van der Waals surface area contributed by atoms with E-state index in [9.17, 15) is 0 Å². The van der Waals surface area contributed by atoms with Crippen LogP contribution in [0.3, 0.4) is 0 Å². The lowest BCUT2D eigenvalue weighted by Crippen LogP contribution is -2.16. The Morgan fingerprint density at radius 1 is 1.00 bits per heavy atom. The predicted octanol–water partition coefficient (Wildman–Crippen LogP) is 2.67. The SMILES string of the molecule is CCC#CCC#C[Si](C)(C)C. The van der Waals surface area contributed by atoms with Crippen LogP contribution in [0.4, 0.5) is 0 Å². The molecule has 0 amide bonds. The van der Waals surface area contributed by atoms with Gasteiger partial charge in [0.25, 0.3) is 0 Å². The first-order valence-electron chi connectivity index (χ1n) is 4.02. The van der Waals surface area contributed by atoms with Gasteiger partial charge in [-0.15, -0.1) is 11.5 Å². The summed E-state index contributed by atoms with van der Waals surface area (Å²) in [6.07, 6.45) is 1.69. The van der Waals surface area contributed by atoms with Crippen LogP contribution in [0, 0.1) is 23.3 Å². The monoisotopic (exact) mass is 164 g/mol. The molecule has 1 heteroatoms. The quantitative estimate of drug-likeness (QED) is 0.381. The van der Waals surface area contributed by atoms with Crippen LogP contribution >= 0.6 is 0 Å². The van der Waals surface area contributed by atoms with Gasteiger partial charge in [-0.1, -0.05) is 38.4 Å². The van der Waals surface area contributed by atoms with E-state index in [0.717, 1.165) is 12.8 Å². The van der Waals surface area contributed by atoms with Crippen molar-refractivity contribution in [3.05, 3.63) is 0 Å². The van der Waals surface area contributed by atoms with Crippen molar-refractivity contribution in [2.45, 2.75) is 39.4 Å². The summed E-state index contributed by atoms with van der Waals surface area (Å²) in [6.45, 7) is 8.78. The van der Waals surface area contributed by atoms with Crippen molar-refractivity contribution in [3.8, 4) is 23.3 Å². The molecule has 0 bridgehead atoms. The van der Waals surface area contributed by atoms with Gasteiger partial charge >= 0.3 is 0 Å². The molecule has 0 aliphatic carbocycles. The molecular weight excluding hydrogens is 148 g/mol. The molecule has 0 aromatic heterocycles. The Labute approximate surface area is 71.4 Å². The van der Waals surface area contributed by atoms with Gasteiger partial charge in [-0.25, -0.2) is 0 Å². The lowest BCUT2D eigenvalue weighted by atomic mass is 10.4. The molecule has 0 saturated heterocycles.